The Kier molecular flexibility index (Phi) is 3.70. The monoisotopic (exact) mass is 341 g/mol. The normalized spacial score (nSPS) is 18.5. The summed E-state index contributed by atoms with van der Waals surface area (Å²) in [6.07, 6.45) is 1.85. The van der Waals surface area contributed by atoms with Crippen LogP contribution in [-0.4, -0.2) is 23.5 Å². The predicted molar refractivity (Wildman–Crippen MR) is 94.6 cm³/mol. The highest BCUT2D eigenvalue weighted by atomic mass is 32.1. The van der Waals surface area contributed by atoms with Crippen molar-refractivity contribution in [1.29, 1.82) is 0 Å². The zero-order valence-corrected chi connectivity index (χ0v) is 14.8. The standard InChI is InChI=1S/C19H19NO3S/c1-11(2)20-9-14-15(22-10-20)5-4-13-18(21)16(23-19(13)14)8-17-12(3)6-7-24-17/h4-8,11H,9-10H2,1-3H3/b16-8-. The van der Waals surface area contributed by atoms with Crippen LogP contribution in [0.25, 0.3) is 6.08 Å². The molecule has 2 aromatic rings. The minimum atomic E-state index is -0.0535. The predicted octanol–water partition coefficient (Wildman–Crippen LogP) is 4.23. The van der Waals surface area contributed by atoms with Crippen LogP contribution in [0.15, 0.2) is 29.3 Å². The maximum absolute atomic E-state index is 12.7. The SMILES string of the molecule is Cc1ccsc1/C=C1\Oc2c(ccc3c2CN(C(C)C)CO3)C1=O. The van der Waals surface area contributed by atoms with Crippen molar-refractivity contribution in [3.8, 4) is 11.5 Å². The molecule has 124 valence electrons. The van der Waals surface area contributed by atoms with Gasteiger partial charge in [-0.05, 0) is 49.9 Å². The van der Waals surface area contributed by atoms with Gasteiger partial charge >= 0.3 is 0 Å². The van der Waals surface area contributed by atoms with E-state index in [1.807, 2.05) is 36.6 Å². The summed E-state index contributed by atoms with van der Waals surface area (Å²) in [5, 5.41) is 2.02. The number of rotatable bonds is 2. The van der Waals surface area contributed by atoms with Crippen LogP contribution in [0.2, 0.25) is 0 Å². The Labute approximate surface area is 145 Å². The molecule has 1 aromatic heterocycles. The molecule has 0 bridgehead atoms. The van der Waals surface area contributed by atoms with E-state index in [4.69, 9.17) is 9.47 Å². The third-order valence-corrected chi connectivity index (χ3v) is 5.51. The van der Waals surface area contributed by atoms with E-state index in [9.17, 15) is 4.79 Å². The molecule has 0 saturated heterocycles. The largest absolute Gasteiger partial charge is 0.478 e. The number of hydrogen-bond donors (Lipinski definition) is 0. The number of carbonyl (C=O) groups is 1. The number of ether oxygens (including phenoxy) is 2. The minimum absolute atomic E-state index is 0.0535. The average Bonchev–Trinajstić information content (AvgIpc) is 3.11. The second-order valence-corrected chi connectivity index (χ2v) is 7.39. The zero-order valence-electron chi connectivity index (χ0n) is 14.0. The molecule has 1 aromatic carbocycles. The summed E-state index contributed by atoms with van der Waals surface area (Å²) in [7, 11) is 0. The van der Waals surface area contributed by atoms with Gasteiger partial charge in [0.2, 0.25) is 5.78 Å². The van der Waals surface area contributed by atoms with Crippen molar-refractivity contribution in [2.75, 3.05) is 6.73 Å². The maximum atomic E-state index is 12.7. The Balaban J connectivity index is 1.73. The number of thiophene rings is 1. The number of nitrogens with zero attached hydrogens (tertiary/aromatic N) is 1. The van der Waals surface area contributed by atoms with Gasteiger partial charge in [-0.2, -0.15) is 0 Å². The fourth-order valence-electron chi connectivity index (χ4n) is 2.96. The smallest absolute Gasteiger partial charge is 0.232 e. The highest BCUT2D eigenvalue weighted by molar-refractivity contribution is 7.11. The number of hydrogen-bond acceptors (Lipinski definition) is 5. The van der Waals surface area contributed by atoms with Crippen molar-refractivity contribution in [2.45, 2.75) is 33.4 Å². The Hall–Kier alpha value is -2.11. The fraction of sp³-hybridized carbons (Fsp3) is 0.316. The lowest BCUT2D eigenvalue weighted by molar-refractivity contribution is 0.0674. The molecule has 4 rings (SSSR count). The summed E-state index contributed by atoms with van der Waals surface area (Å²) in [5.74, 6) is 1.81. The van der Waals surface area contributed by atoms with Crippen LogP contribution < -0.4 is 9.47 Å². The lowest BCUT2D eigenvalue weighted by Crippen LogP contribution is -2.37. The van der Waals surface area contributed by atoms with E-state index >= 15 is 0 Å². The number of aryl methyl sites for hydroxylation is 1. The van der Waals surface area contributed by atoms with E-state index in [0.29, 0.717) is 29.8 Å². The van der Waals surface area contributed by atoms with Crippen LogP contribution in [-0.2, 0) is 6.54 Å². The molecule has 0 amide bonds. The third-order valence-electron chi connectivity index (χ3n) is 4.54. The van der Waals surface area contributed by atoms with E-state index in [1.54, 1.807) is 11.3 Å². The second kappa shape index (κ2) is 5.76. The van der Waals surface area contributed by atoms with Gasteiger partial charge in [0.1, 0.15) is 18.2 Å². The Morgan fingerprint density at radius 1 is 1.29 bits per heavy atom. The number of carbonyl (C=O) groups excluding carboxylic acids is 1. The van der Waals surface area contributed by atoms with Gasteiger partial charge < -0.3 is 9.47 Å². The van der Waals surface area contributed by atoms with E-state index in [2.05, 4.69) is 18.7 Å². The molecule has 0 fully saturated rings. The number of Topliss-reactive ketones (excluding diaryl/α,β-unsaturated/α-hetero) is 1. The van der Waals surface area contributed by atoms with Crippen molar-refractivity contribution in [2.24, 2.45) is 0 Å². The van der Waals surface area contributed by atoms with Gasteiger partial charge in [0, 0.05) is 23.5 Å². The molecule has 2 aliphatic heterocycles. The topological polar surface area (TPSA) is 38.8 Å². The molecule has 0 N–H and O–H groups in total. The number of ketones is 1. The molecule has 0 radical (unpaired) electrons. The van der Waals surface area contributed by atoms with Gasteiger partial charge in [0.25, 0.3) is 0 Å². The highest BCUT2D eigenvalue weighted by Gasteiger charge is 2.34. The fourth-order valence-corrected chi connectivity index (χ4v) is 3.81. The zero-order chi connectivity index (χ0) is 16.8. The van der Waals surface area contributed by atoms with E-state index in [0.717, 1.165) is 28.3 Å². The van der Waals surface area contributed by atoms with E-state index in [-0.39, 0.29) is 5.78 Å². The summed E-state index contributed by atoms with van der Waals surface area (Å²) in [6.45, 7) is 7.60. The summed E-state index contributed by atoms with van der Waals surface area (Å²) < 4.78 is 11.8. The summed E-state index contributed by atoms with van der Waals surface area (Å²) in [6, 6.07) is 6.10. The van der Waals surface area contributed by atoms with Crippen molar-refractivity contribution in [1.82, 2.24) is 4.90 Å². The molecule has 0 spiro atoms. The van der Waals surface area contributed by atoms with E-state index in [1.165, 1.54) is 0 Å². The first-order chi connectivity index (χ1) is 11.5. The number of fused-ring (bicyclic) bond motifs is 3. The molecule has 0 unspecified atom stereocenters. The third kappa shape index (κ3) is 2.44. The molecule has 0 atom stereocenters. The van der Waals surface area contributed by atoms with Gasteiger partial charge in [0.05, 0.1) is 11.1 Å². The van der Waals surface area contributed by atoms with Crippen molar-refractivity contribution >= 4 is 23.2 Å². The molecule has 0 saturated carbocycles. The first-order valence-electron chi connectivity index (χ1n) is 8.05. The molecule has 2 aliphatic rings. The molecule has 24 heavy (non-hydrogen) atoms. The molecule has 3 heterocycles. The molecular formula is C19H19NO3S. The summed E-state index contributed by atoms with van der Waals surface area (Å²) in [5.41, 5.74) is 2.74. The van der Waals surface area contributed by atoms with Gasteiger partial charge in [-0.3, -0.25) is 9.69 Å². The minimum Gasteiger partial charge on any atom is -0.478 e. The van der Waals surface area contributed by atoms with Crippen LogP contribution in [0.3, 0.4) is 0 Å². The van der Waals surface area contributed by atoms with Gasteiger partial charge in [-0.15, -0.1) is 11.3 Å². The van der Waals surface area contributed by atoms with Gasteiger partial charge in [-0.25, -0.2) is 0 Å². The van der Waals surface area contributed by atoms with Gasteiger partial charge in [0.15, 0.2) is 5.76 Å². The Morgan fingerprint density at radius 3 is 2.83 bits per heavy atom. The first-order valence-corrected chi connectivity index (χ1v) is 8.93. The molecule has 5 heteroatoms. The first kappa shape index (κ1) is 15.4. The average molecular weight is 341 g/mol. The lowest BCUT2D eigenvalue weighted by atomic mass is 10.0. The van der Waals surface area contributed by atoms with Crippen molar-refractivity contribution in [3.05, 3.63) is 50.9 Å². The van der Waals surface area contributed by atoms with Crippen LogP contribution in [0, 0.1) is 6.92 Å². The Morgan fingerprint density at radius 2 is 2.12 bits per heavy atom. The van der Waals surface area contributed by atoms with Crippen LogP contribution in [0.1, 0.15) is 40.2 Å². The van der Waals surface area contributed by atoms with Crippen molar-refractivity contribution in [3.63, 3.8) is 0 Å². The molecule has 0 aliphatic carbocycles. The Bertz CT molecular complexity index is 850. The quantitative estimate of drug-likeness (QED) is 0.766. The van der Waals surface area contributed by atoms with E-state index < -0.39 is 0 Å². The lowest BCUT2D eigenvalue weighted by Gasteiger charge is -2.32. The van der Waals surface area contributed by atoms with Crippen LogP contribution in [0.4, 0.5) is 0 Å². The van der Waals surface area contributed by atoms with Crippen molar-refractivity contribution < 1.29 is 14.3 Å². The van der Waals surface area contributed by atoms with Crippen LogP contribution >= 0.6 is 11.3 Å². The molecule has 4 nitrogen and oxygen atoms in total. The maximum Gasteiger partial charge on any atom is 0.232 e. The number of benzene rings is 1. The highest BCUT2D eigenvalue weighted by Crippen LogP contribution is 2.42. The summed E-state index contributed by atoms with van der Waals surface area (Å²) in [4.78, 5) is 16.0. The van der Waals surface area contributed by atoms with Crippen LogP contribution in [0.5, 0.6) is 11.5 Å². The number of allylic oxidation sites excluding steroid dienone is 1. The van der Waals surface area contributed by atoms with Gasteiger partial charge in [-0.1, -0.05) is 0 Å². The summed E-state index contributed by atoms with van der Waals surface area (Å²) >= 11 is 1.61. The molecular weight excluding hydrogens is 322 g/mol. The second-order valence-electron chi connectivity index (χ2n) is 6.44.